The quantitative estimate of drug-likeness (QED) is 0.665. The second-order valence-electron chi connectivity index (χ2n) is 4.84. The smallest absolute Gasteiger partial charge is 0.323 e. The van der Waals surface area contributed by atoms with Crippen LogP contribution in [0.5, 0.6) is 0 Å². The molecule has 0 heterocycles. The van der Waals surface area contributed by atoms with E-state index in [-0.39, 0.29) is 19.0 Å². The SMILES string of the molecule is CCCN(CC(=O)O)C(=O)N(CC(N)=O)CC(C)C. The van der Waals surface area contributed by atoms with E-state index in [2.05, 4.69) is 0 Å². The minimum atomic E-state index is -1.08. The van der Waals surface area contributed by atoms with E-state index >= 15 is 0 Å². The van der Waals surface area contributed by atoms with Gasteiger partial charge >= 0.3 is 12.0 Å². The molecule has 19 heavy (non-hydrogen) atoms. The molecule has 0 spiro atoms. The predicted octanol–water partition coefficient (Wildman–Crippen LogP) is 0.346. The molecular weight excluding hydrogens is 250 g/mol. The van der Waals surface area contributed by atoms with E-state index in [0.717, 1.165) is 0 Å². The van der Waals surface area contributed by atoms with E-state index in [1.54, 1.807) is 0 Å². The van der Waals surface area contributed by atoms with Gasteiger partial charge in [0.15, 0.2) is 0 Å². The maximum Gasteiger partial charge on any atom is 0.323 e. The molecule has 0 aliphatic rings. The lowest BCUT2D eigenvalue weighted by Crippen LogP contribution is -2.49. The molecule has 3 amide bonds. The summed E-state index contributed by atoms with van der Waals surface area (Å²) in [4.78, 5) is 36.5. The van der Waals surface area contributed by atoms with Gasteiger partial charge in [0.1, 0.15) is 13.1 Å². The van der Waals surface area contributed by atoms with E-state index in [0.29, 0.717) is 19.5 Å². The molecular formula is C12H23N3O4. The van der Waals surface area contributed by atoms with Crippen molar-refractivity contribution in [1.82, 2.24) is 9.80 Å². The van der Waals surface area contributed by atoms with E-state index in [9.17, 15) is 14.4 Å². The average Bonchev–Trinajstić information content (AvgIpc) is 2.24. The summed E-state index contributed by atoms with van der Waals surface area (Å²) in [7, 11) is 0. The number of carbonyl (C=O) groups excluding carboxylic acids is 2. The molecule has 0 fully saturated rings. The molecule has 0 atom stereocenters. The Morgan fingerprint density at radius 1 is 1.16 bits per heavy atom. The lowest BCUT2D eigenvalue weighted by Gasteiger charge is -2.30. The Morgan fingerprint density at radius 2 is 1.74 bits per heavy atom. The van der Waals surface area contributed by atoms with Crippen LogP contribution in [0, 0.1) is 5.92 Å². The Morgan fingerprint density at radius 3 is 2.11 bits per heavy atom. The number of carboxylic acid groups (broad SMARTS) is 1. The molecule has 0 unspecified atom stereocenters. The van der Waals surface area contributed by atoms with Gasteiger partial charge in [-0.2, -0.15) is 0 Å². The van der Waals surface area contributed by atoms with Crippen LogP contribution in [-0.4, -0.2) is 59.0 Å². The third kappa shape index (κ3) is 7.28. The van der Waals surface area contributed by atoms with Gasteiger partial charge in [0.2, 0.25) is 5.91 Å². The molecule has 110 valence electrons. The maximum atomic E-state index is 12.2. The molecule has 0 rings (SSSR count). The van der Waals surface area contributed by atoms with E-state index in [1.165, 1.54) is 9.80 Å². The minimum Gasteiger partial charge on any atom is -0.480 e. The highest BCUT2D eigenvalue weighted by Crippen LogP contribution is 2.05. The fourth-order valence-electron chi connectivity index (χ4n) is 1.71. The summed E-state index contributed by atoms with van der Waals surface area (Å²) in [5.41, 5.74) is 5.11. The molecule has 0 bridgehead atoms. The van der Waals surface area contributed by atoms with Crippen LogP contribution in [0.4, 0.5) is 4.79 Å². The lowest BCUT2D eigenvalue weighted by atomic mass is 10.2. The number of hydrogen-bond donors (Lipinski definition) is 2. The van der Waals surface area contributed by atoms with Crippen LogP contribution in [0.1, 0.15) is 27.2 Å². The van der Waals surface area contributed by atoms with Crippen molar-refractivity contribution in [1.29, 1.82) is 0 Å². The molecule has 0 saturated carbocycles. The Balaban J connectivity index is 4.87. The number of rotatable bonds is 8. The van der Waals surface area contributed by atoms with Gasteiger partial charge in [0.25, 0.3) is 0 Å². The van der Waals surface area contributed by atoms with Crippen LogP contribution in [0.15, 0.2) is 0 Å². The summed E-state index contributed by atoms with van der Waals surface area (Å²) < 4.78 is 0. The van der Waals surface area contributed by atoms with Crippen LogP contribution in [0.25, 0.3) is 0 Å². The van der Waals surface area contributed by atoms with Crippen molar-refractivity contribution in [2.75, 3.05) is 26.2 Å². The first-order valence-electron chi connectivity index (χ1n) is 6.31. The molecule has 0 radical (unpaired) electrons. The summed E-state index contributed by atoms with van der Waals surface area (Å²) >= 11 is 0. The van der Waals surface area contributed by atoms with Gasteiger partial charge in [0.05, 0.1) is 0 Å². The van der Waals surface area contributed by atoms with Gasteiger partial charge < -0.3 is 20.6 Å². The van der Waals surface area contributed by atoms with E-state index in [4.69, 9.17) is 10.8 Å². The van der Waals surface area contributed by atoms with Crippen molar-refractivity contribution in [2.45, 2.75) is 27.2 Å². The largest absolute Gasteiger partial charge is 0.480 e. The molecule has 7 heteroatoms. The number of urea groups is 1. The van der Waals surface area contributed by atoms with Crippen LogP contribution in [-0.2, 0) is 9.59 Å². The Bertz CT molecular complexity index is 331. The van der Waals surface area contributed by atoms with Crippen LogP contribution in [0.3, 0.4) is 0 Å². The Kier molecular flexibility index (Phi) is 7.55. The normalized spacial score (nSPS) is 10.3. The highest BCUT2D eigenvalue weighted by molar-refractivity contribution is 5.85. The Labute approximate surface area is 113 Å². The van der Waals surface area contributed by atoms with Crippen molar-refractivity contribution < 1.29 is 19.5 Å². The molecule has 0 aliphatic heterocycles. The maximum absolute atomic E-state index is 12.2. The number of amides is 3. The molecule has 0 aromatic carbocycles. The zero-order valence-corrected chi connectivity index (χ0v) is 11.8. The van der Waals surface area contributed by atoms with E-state index in [1.807, 2.05) is 20.8 Å². The second kappa shape index (κ2) is 8.34. The van der Waals surface area contributed by atoms with Gasteiger partial charge in [-0.3, -0.25) is 9.59 Å². The average molecular weight is 273 g/mol. The molecule has 0 aromatic rings. The fourth-order valence-corrected chi connectivity index (χ4v) is 1.71. The summed E-state index contributed by atoms with van der Waals surface area (Å²) in [6.45, 7) is 5.78. The third-order valence-electron chi connectivity index (χ3n) is 2.29. The van der Waals surface area contributed by atoms with Crippen LogP contribution < -0.4 is 5.73 Å². The number of aliphatic carboxylic acids is 1. The minimum absolute atomic E-state index is 0.164. The molecule has 0 saturated heterocycles. The highest BCUT2D eigenvalue weighted by Gasteiger charge is 2.24. The Hall–Kier alpha value is -1.79. The third-order valence-corrected chi connectivity index (χ3v) is 2.29. The monoisotopic (exact) mass is 273 g/mol. The summed E-state index contributed by atoms with van der Waals surface area (Å²) in [5, 5.41) is 8.80. The predicted molar refractivity (Wildman–Crippen MR) is 70.5 cm³/mol. The zero-order valence-electron chi connectivity index (χ0n) is 11.8. The van der Waals surface area contributed by atoms with Crippen molar-refractivity contribution in [3.05, 3.63) is 0 Å². The van der Waals surface area contributed by atoms with Crippen LogP contribution >= 0.6 is 0 Å². The van der Waals surface area contributed by atoms with Crippen molar-refractivity contribution in [2.24, 2.45) is 11.7 Å². The van der Waals surface area contributed by atoms with Crippen molar-refractivity contribution >= 4 is 17.9 Å². The number of primary amides is 1. The highest BCUT2D eigenvalue weighted by atomic mass is 16.4. The van der Waals surface area contributed by atoms with Gasteiger partial charge in [-0.05, 0) is 12.3 Å². The van der Waals surface area contributed by atoms with Crippen LogP contribution in [0.2, 0.25) is 0 Å². The van der Waals surface area contributed by atoms with Gasteiger partial charge in [-0.15, -0.1) is 0 Å². The van der Waals surface area contributed by atoms with Gasteiger partial charge in [-0.1, -0.05) is 20.8 Å². The summed E-state index contributed by atoms with van der Waals surface area (Å²) in [5.74, 6) is -1.53. The number of hydrogen-bond acceptors (Lipinski definition) is 3. The number of carbonyl (C=O) groups is 3. The topological polar surface area (TPSA) is 104 Å². The molecule has 0 aliphatic carbocycles. The first-order valence-corrected chi connectivity index (χ1v) is 6.31. The number of carboxylic acids is 1. The lowest BCUT2D eigenvalue weighted by molar-refractivity contribution is -0.137. The zero-order chi connectivity index (χ0) is 15.0. The van der Waals surface area contributed by atoms with Crippen molar-refractivity contribution in [3.63, 3.8) is 0 Å². The van der Waals surface area contributed by atoms with E-state index < -0.39 is 17.9 Å². The molecule has 3 N–H and O–H groups in total. The number of nitrogens with zero attached hydrogens (tertiary/aromatic N) is 2. The van der Waals surface area contributed by atoms with Gasteiger partial charge in [-0.25, -0.2) is 4.79 Å². The number of nitrogens with two attached hydrogens (primary N) is 1. The van der Waals surface area contributed by atoms with Gasteiger partial charge in [0, 0.05) is 13.1 Å². The summed E-state index contributed by atoms with van der Waals surface area (Å²) in [6, 6.07) is -0.461. The molecule has 0 aromatic heterocycles. The fraction of sp³-hybridized carbons (Fsp3) is 0.750. The van der Waals surface area contributed by atoms with Crippen molar-refractivity contribution in [3.8, 4) is 0 Å². The summed E-state index contributed by atoms with van der Waals surface area (Å²) in [6.07, 6.45) is 0.644. The second-order valence-corrected chi connectivity index (χ2v) is 4.84. The molecule has 7 nitrogen and oxygen atoms in total. The first kappa shape index (κ1) is 17.2. The first-order chi connectivity index (χ1) is 8.77. The standard InChI is InChI=1S/C12H23N3O4/c1-4-5-14(8-11(17)18)12(19)15(6-9(2)3)7-10(13)16/h9H,4-8H2,1-3H3,(H2,13,16)(H,17,18).